The summed E-state index contributed by atoms with van der Waals surface area (Å²) in [5, 5.41) is 6.92. The van der Waals surface area contributed by atoms with Crippen molar-refractivity contribution in [3.63, 3.8) is 0 Å². The van der Waals surface area contributed by atoms with Crippen LogP contribution in [0.1, 0.15) is 43.7 Å². The third kappa shape index (κ3) is 5.05. The zero-order chi connectivity index (χ0) is 14.9. The molecule has 0 aliphatic heterocycles. The first kappa shape index (κ1) is 15.8. The Morgan fingerprint density at radius 3 is 2.62 bits per heavy atom. The fourth-order valence-electron chi connectivity index (χ4n) is 2.72. The minimum atomic E-state index is 0.579. The maximum atomic E-state index is 5.53. The highest BCUT2D eigenvalue weighted by Crippen LogP contribution is 2.17. The summed E-state index contributed by atoms with van der Waals surface area (Å²) in [4.78, 5) is 4.32. The summed E-state index contributed by atoms with van der Waals surface area (Å²) in [5.74, 6) is 0.896. The molecule has 0 amide bonds. The molecule has 21 heavy (non-hydrogen) atoms. The van der Waals surface area contributed by atoms with Crippen LogP contribution in [0.3, 0.4) is 0 Å². The second-order valence-corrected chi connectivity index (χ2v) is 5.46. The van der Waals surface area contributed by atoms with E-state index >= 15 is 0 Å². The van der Waals surface area contributed by atoms with Crippen molar-refractivity contribution in [3.05, 3.63) is 35.4 Å². The van der Waals surface area contributed by atoms with E-state index in [2.05, 4.69) is 39.9 Å². The lowest BCUT2D eigenvalue weighted by Crippen LogP contribution is -2.42. The summed E-state index contributed by atoms with van der Waals surface area (Å²) in [6.45, 7) is 4.21. The number of hydrogen-bond acceptors (Lipinski definition) is 2. The number of benzene rings is 1. The molecule has 1 aromatic rings. The van der Waals surface area contributed by atoms with E-state index in [9.17, 15) is 0 Å². The van der Waals surface area contributed by atoms with Gasteiger partial charge < -0.3 is 15.4 Å². The van der Waals surface area contributed by atoms with Crippen LogP contribution in [0.25, 0.3) is 0 Å². The van der Waals surface area contributed by atoms with Gasteiger partial charge in [-0.1, -0.05) is 37.1 Å². The molecule has 116 valence electrons. The fourth-order valence-corrected chi connectivity index (χ4v) is 2.72. The Bertz CT molecular complexity index is 453. The average Bonchev–Trinajstić information content (AvgIpc) is 3.03. The van der Waals surface area contributed by atoms with Gasteiger partial charge in [0, 0.05) is 26.2 Å². The topological polar surface area (TPSA) is 45.6 Å². The van der Waals surface area contributed by atoms with Gasteiger partial charge in [0.25, 0.3) is 0 Å². The Morgan fingerprint density at radius 2 is 1.95 bits per heavy atom. The van der Waals surface area contributed by atoms with Gasteiger partial charge in [-0.25, -0.2) is 0 Å². The lowest BCUT2D eigenvalue weighted by Gasteiger charge is -2.18. The summed E-state index contributed by atoms with van der Waals surface area (Å²) < 4.78 is 5.53. The Kier molecular flexibility index (Phi) is 6.54. The number of nitrogens with zero attached hydrogens (tertiary/aromatic N) is 1. The van der Waals surface area contributed by atoms with E-state index in [4.69, 9.17) is 4.74 Å². The van der Waals surface area contributed by atoms with E-state index < -0.39 is 0 Å². The van der Waals surface area contributed by atoms with Gasteiger partial charge >= 0.3 is 0 Å². The van der Waals surface area contributed by atoms with Crippen LogP contribution in [0.2, 0.25) is 0 Å². The Morgan fingerprint density at radius 1 is 1.24 bits per heavy atom. The van der Waals surface area contributed by atoms with Gasteiger partial charge in [0.15, 0.2) is 5.96 Å². The summed E-state index contributed by atoms with van der Waals surface area (Å²) in [6.07, 6.45) is 5.15. The van der Waals surface area contributed by atoms with Crippen molar-refractivity contribution in [2.24, 2.45) is 4.99 Å². The second kappa shape index (κ2) is 8.67. The number of aliphatic imine (C=N–C) groups is 1. The van der Waals surface area contributed by atoms with Gasteiger partial charge in [0.1, 0.15) is 0 Å². The fraction of sp³-hybridized carbons (Fsp3) is 0.588. The molecule has 0 aromatic heterocycles. The molecule has 4 heteroatoms. The molecule has 4 nitrogen and oxygen atoms in total. The first-order valence-corrected chi connectivity index (χ1v) is 7.95. The molecule has 1 aliphatic carbocycles. The molecular formula is C17H27N3O. The molecule has 1 aromatic carbocycles. The van der Waals surface area contributed by atoms with Gasteiger partial charge in [-0.3, -0.25) is 4.99 Å². The smallest absolute Gasteiger partial charge is 0.191 e. The summed E-state index contributed by atoms with van der Waals surface area (Å²) in [7, 11) is 1.83. The van der Waals surface area contributed by atoms with E-state index in [1.807, 2.05) is 14.0 Å². The molecule has 1 aliphatic rings. The summed E-state index contributed by atoms with van der Waals surface area (Å²) >= 11 is 0. The van der Waals surface area contributed by atoms with Crippen LogP contribution in [0, 0.1) is 0 Å². The minimum absolute atomic E-state index is 0.579. The van der Waals surface area contributed by atoms with E-state index in [1.165, 1.54) is 36.8 Å². The lowest BCUT2D eigenvalue weighted by molar-refractivity contribution is 0.133. The molecule has 0 bridgehead atoms. The zero-order valence-corrected chi connectivity index (χ0v) is 13.2. The van der Waals surface area contributed by atoms with Crippen LogP contribution in [0.4, 0.5) is 0 Å². The van der Waals surface area contributed by atoms with Crippen molar-refractivity contribution in [2.45, 2.75) is 51.8 Å². The number of hydrogen-bond donors (Lipinski definition) is 2. The van der Waals surface area contributed by atoms with Crippen molar-refractivity contribution in [1.82, 2.24) is 10.6 Å². The molecule has 0 unspecified atom stereocenters. The lowest BCUT2D eigenvalue weighted by atomic mass is 10.1. The van der Waals surface area contributed by atoms with Crippen molar-refractivity contribution < 1.29 is 4.74 Å². The van der Waals surface area contributed by atoms with E-state index in [0.717, 1.165) is 19.1 Å². The first-order valence-electron chi connectivity index (χ1n) is 7.95. The van der Waals surface area contributed by atoms with Crippen LogP contribution >= 0.6 is 0 Å². The van der Waals surface area contributed by atoms with Crippen LogP contribution in [-0.4, -0.2) is 25.7 Å². The molecule has 0 saturated heterocycles. The molecular weight excluding hydrogens is 262 g/mol. The zero-order valence-electron chi connectivity index (χ0n) is 13.2. The third-order valence-electron chi connectivity index (χ3n) is 3.95. The Hall–Kier alpha value is -1.55. The highest BCUT2D eigenvalue weighted by Gasteiger charge is 2.15. The number of ether oxygens (including phenoxy) is 1. The predicted octanol–water partition coefficient (Wildman–Crippen LogP) is 2.83. The third-order valence-corrected chi connectivity index (χ3v) is 3.95. The maximum Gasteiger partial charge on any atom is 0.191 e. The number of guanidine groups is 1. The van der Waals surface area contributed by atoms with Crippen molar-refractivity contribution in [2.75, 3.05) is 13.7 Å². The van der Waals surface area contributed by atoms with Gasteiger partial charge in [-0.05, 0) is 30.9 Å². The predicted molar refractivity (Wildman–Crippen MR) is 87.4 cm³/mol. The molecule has 0 spiro atoms. The molecule has 0 radical (unpaired) electrons. The average molecular weight is 289 g/mol. The van der Waals surface area contributed by atoms with E-state index in [0.29, 0.717) is 12.6 Å². The SMILES string of the molecule is CCOCc1ccccc1CNC(=NC)NC1CCCC1. The van der Waals surface area contributed by atoms with Gasteiger partial charge in [-0.15, -0.1) is 0 Å². The van der Waals surface area contributed by atoms with E-state index in [-0.39, 0.29) is 0 Å². The normalized spacial score (nSPS) is 16.2. The summed E-state index contributed by atoms with van der Waals surface area (Å²) in [5.41, 5.74) is 2.50. The number of rotatable bonds is 6. The standard InChI is InChI=1S/C17H27N3O/c1-3-21-13-15-9-5-4-8-14(15)12-19-17(18-2)20-16-10-6-7-11-16/h4-5,8-9,16H,3,6-7,10-13H2,1-2H3,(H2,18,19,20). The monoisotopic (exact) mass is 289 g/mol. The molecule has 0 heterocycles. The van der Waals surface area contributed by atoms with Crippen molar-refractivity contribution in [1.29, 1.82) is 0 Å². The van der Waals surface area contributed by atoms with Crippen LogP contribution in [-0.2, 0) is 17.9 Å². The first-order chi connectivity index (χ1) is 10.3. The molecule has 2 N–H and O–H groups in total. The van der Waals surface area contributed by atoms with Gasteiger partial charge in [0.05, 0.1) is 6.61 Å². The molecule has 1 fully saturated rings. The molecule has 2 rings (SSSR count). The van der Waals surface area contributed by atoms with Crippen molar-refractivity contribution >= 4 is 5.96 Å². The van der Waals surface area contributed by atoms with Crippen LogP contribution in [0.5, 0.6) is 0 Å². The Labute approximate surface area is 128 Å². The highest BCUT2D eigenvalue weighted by atomic mass is 16.5. The van der Waals surface area contributed by atoms with Crippen molar-refractivity contribution in [3.8, 4) is 0 Å². The quantitative estimate of drug-likeness (QED) is 0.625. The Balaban J connectivity index is 1.88. The van der Waals surface area contributed by atoms with Gasteiger partial charge in [0.2, 0.25) is 0 Å². The second-order valence-electron chi connectivity index (χ2n) is 5.46. The van der Waals surface area contributed by atoms with Gasteiger partial charge in [-0.2, -0.15) is 0 Å². The maximum absolute atomic E-state index is 5.53. The summed E-state index contributed by atoms with van der Waals surface area (Å²) in [6, 6.07) is 8.97. The van der Waals surface area contributed by atoms with E-state index in [1.54, 1.807) is 0 Å². The minimum Gasteiger partial charge on any atom is -0.377 e. The number of nitrogens with one attached hydrogen (secondary N) is 2. The van der Waals surface area contributed by atoms with Crippen LogP contribution in [0.15, 0.2) is 29.3 Å². The highest BCUT2D eigenvalue weighted by molar-refractivity contribution is 5.80. The van der Waals surface area contributed by atoms with Crippen LogP contribution < -0.4 is 10.6 Å². The molecule has 1 saturated carbocycles. The molecule has 0 atom stereocenters. The largest absolute Gasteiger partial charge is 0.377 e.